The monoisotopic (exact) mass is 203 g/mol. The van der Waals surface area contributed by atoms with Gasteiger partial charge in [-0.25, -0.2) is 4.79 Å². The van der Waals surface area contributed by atoms with Crippen molar-refractivity contribution >= 4 is 23.6 Å². The molecule has 0 unspecified atom stereocenters. The fourth-order valence-electron chi connectivity index (χ4n) is 1.25. The first kappa shape index (κ1) is 10.4. The standard InChI is InChI=1S/C8H13NO3S/c1-2-3-7(10)9-5-13-4-6(9)8(11)12/h6H,2-5H2,1H3,(H,11,12)/t6-/m1/s1. The summed E-state index contributed by atoms with van der Waals surface area (Å²) in [6.45, 7) is 1.91. The lowest BCUT2D eigenvalue weighted by Crippen LogP contribution is -2.41. The van der Waals surface area contributed by atoms with Crippen molar-refractivity contribution < 1.29 is 14.7 Å². The average molecular weight is 203 g/mol. The van der Waals surface area contributed by atoms with Crippen molar-refractivity contribution in [1.82, 2.24) is 4.90 Å². The highest BCUT2D eigenvalue weighted by Gasteiger charge is 2.33. The quantitative estimate of drug-likeness (QED) is 0.736. The van der Waals surface area contributed by atoms with E-state index < -0.39 is 12.0 Å². The van der Waals surface area contributed by atoms with Crippen LogP contribution in [0.4, 0.5) is 0 Å². The van der Waals surface area contributed by atoms with Crippen LogP contribution in [0, 0.1) is 0 Å². The molecule has 1 saturated heterocycles. The number of carbonyl (C=O) groups excluding carboxylic acids is 1. The smallest absolute Gasteiger partial charge is 0.327 e. The molecule has 1 fully saturated rings. The molecule has 1 aliphatic heterocycles. The highest BCUT2D eigenvalue weighted by molar-refractivity contribution is 7.99. The molecule has 0 aromatic rings. The molecule has 5 heteroatoms. The van der Waals surface area contributed by atoms with Gasteiger partial charge in [0, 0.05) is 12.2 Å². The van der Waals surface area contributed by atoms with Gasteiger partial charge in [0.05, 0.1) is 5.88 Å². The number of amides is 1. The Morgan fingerprint density at radius 2 is 2.31 bits per heavy atom. The predicted molar refractivity (Wildman–Crippen MR) is 50.5 cm³/mol. The number of hydrogen-bond donors (Lipinski definition) is 1. The molecule has 0 aromatic carbocycles. The third-order valence-electron chi connectivity index (χ3n) is 1.95. The van der Waals surface area contributed by atoms with Crippen LogP contribution in [0.3, 0.4) is 0 Å². The van der Waals surface area contributed by atoms with E-state index in [0.717, 1.165) is 6.42 Å². The van der Waals surface area contributed by atoms with Gasteiger partial charge in [-0.3, -0.25) is 4.79 Å². The van der Waals surface area contributed by atoms with Gasteiger partial charge in [-0.05, 0) is 6.42 Å². The molecular formula is C8H13NO3S. The van der Waals surface area contributed by atoms with E-state index in [2.05, 4.69) is 0 Å². The minimum absolute atomic E-state index is 0.0418. The Hall–Kier alpha value is -0.710. The van der Waals surface area contributed by atoms with Crippen molar-refractivity contribution in [2.45, 2.75) is 25.8 Å². The Labute approximate surface area is 81.3 Å². The summed E-state index contributed by atoms with van der Waals surface area (Å²) in [6.07, 6.45) is 1.22. The number of aliphatic carboxylic acids is 1. The molecule has 1 aliphatic rings. The van der Waals surface area contributed by atoms with E-state index in [1.807, 2.05) is 6.92 Å². The van der Waals surface area contributed by atoms with Crippen molar-refractivity contribution in [1.29, 1.82) is 0 Å². The Balaban J connectivity index is 2.57. The summed E-state index contributed by atoms with van der Waals surface area (Å²) in [5, 5.41) is 8.79. The van der Waals surface area contributed by atoms with Gasteiger partial charge < -0.3 is 10.0 Å². The summed E-state index contributed by atoms with van der Waals surface area (Å²) in [5.74, 6) is 0.106. The maximum absolute atomic E-state index is 11.4. The fourth-order valence-corrected chi connectivity index (χ4v) is 2.42. The first-order valence-electron chi connectivity index (χ1n) is 4.26. The third-order valence-corrected chi connectivity index (χ3v) is 2.96. The maximum atomic E-state index is 11.4. The second-order valence-corrected chi connectivity index (χ2v) is 3.97. The summed E-state index contributed by atoms with van der Waals surface area (Å²) in [5.41, 5.74) is 0. The number of carbonyl (C=O) groups is 2. The Morgan fingerprint density at radius 1 is 1.62 bits per heavy atom. The minimum atomic E-state index is -0.894. The lowest BCUT2D eigenvalue weighted by Gasteiger charge is -2.19. The average Bonchev–Trinajstić information content (AvgIpc) is 2.52. The zero-order chi connectivity index (χ0) is 9.84. The second-order valence-electron chi connectivity index (χ2n) is 2.97. The molecule has 1 amide bonds. The number of hydrogen-bond acceptors (Lipinski definition) is 3. The van der Waals surface area contributed by atoms with Gasteiger partial charge in [-0.2, -0.15) is 0 Å². The van der Waals surface area contributed by atoms with E-state index in [4.69, 9.17) is 5.11 Å². The molecule has 0 radical (unpaired) electrons. The first-order chi connectivity index (χ1) is 6.16. The summed E-state index contributed by atoms with van der Waals surface area (Å²) in [6, 6.07) is -0.607. The molecule has 0 spiro atoms. The number of carboxylic acids is 1. The second kappa shape index (κ2) is 4.50. The topological polar surface area (TPSA) is 57.6 Å². The van der Waals surface area contributed by atoms with Crippen LogP contribution in [-0.2, 0) is 9.59 Å². The molecule has 1 atom stereocenters. The summed E-state index contributed by atoms with van der Waals surface area (Å²) in [7, 11) is 0. The van der Waals surface area contributed by atoms with Crippen molar-refractivity contribution in [2.75, 3.05) is 11.6 Å². The van der Waals surface area contributed by atoms with Crippen LogP contribution in [0.1, 0.15) is 19.8 Å². The molecule has 4 nitrogen and oxygen atoms in total. The minimum Gasteiger partial charge on any atom is -0.480 e. The van der Waals surface area contributed by atoms with Crippen molar-refractivity contribution in [2.24, 2.45) is 0 Å². The van der Waals surface area contributed by atoms with E-state index in [1.165, 1.54) is 16.7 Å². The van der Waals surface area contributed by atoms with Gasteiger partial charge in [0.1, 0.15) is 6.04 Å². The van der Waals surface area contributed by atoms with Gasteiger partial charge in [0.25, 0.3) is 0 Å². The number of nitrogens with zero attached hydrogens (tertiary/aromatic N) is 1. The number of carboxylic acid groups (broad SMARTS) is 1. The van der Waals surface area contributed by atoms with Crippen LogP contribution in [0.15, 0.2) is 0 Å². The number of rotatable bonds is 3. The van der Waals surface area contributed by atoms with Crippen molar-refractivity contribution in [3.63, 3.8) is 0 Å². The molecule has 0 aromatic heterocycles. The summed E-state index contributed by atoms with van der Waals surface area (Å²) >= 11 is 1.50. The van der Waals surface area contributed by atoms with Crippen molar-refractivity contribution in [3.05, 3.63) is 0 Å². The molecule has 74 valence electrons. The Kier molecular flexibility index (Phi) is 3.59. The summed E-state index contributed by atoms with van der Waals surface area (Å²) in [4.78, 5) is 23.6. The molecule has 13 heavy (non-hydrogen) atoms. The Bertz CT molecular complexity index is 219. The van der Waals surface area contributed by atoms with Gasteiger partial charge in [0.2, 0.25) is 5.91 Å². The van der Waals surface area contributed by atoms with Crippen LogP contribution in [0.5, 0.6) is 0 Å². The lowest BCUT2D eigenvalue weighted by atomic mass is 10.2. The SMILES string of the molecule is CCCC(=O)N1CSC[C@@H]1C(=O)O. The largest absolute Gasteiger partial charge is 0.480 e. The lowest BCUT2D eigenvalue weighted by molar-refractivity contribution is -0.147. The van der Waals surface area contributed by atoms with Gasteiger partial charge in [0.15, 0.2) is 0 Å². The van der Waals surface area contributed by atoms with Crippen LogP contribution in [0.25, 0.3) is 0 Å². The zero-order valence-electron chi connectivity index (χ0n) is 7.52. The fraction of sp³-hybridized carbons (Fsp3) is 0.750. The first-order valence-corrected chi connectivity index (χ1v) is 5.42. The van der Waals surface area contributed by atoms with Crippen molar-refractivity contribution in [3.8, 4) is 0 Å². The zero-order valence-corrected chi connectivity index (χ0v) is 8.34. The van der Waals surface area contributed by atoms with Gasteiger partial charge in [-0.15, -0.1) is 11.8 Å². The summed E-state index contributed by atoms with van der Waals surface area (Å²) < 4.78 is 0. The van der Waals surface area contributed by atoms with Crippen LogP contribution in [-0.4, -0.2) is 39.6 Å². The van der Waals surface area contributed by atoms with Gasteiger partial charge in [-0.1, -0.05) is 6.92 Å². The van der Waals surface area contributed by atoms with Crippen LogP contribution < -0.4 is 0 Å². The van der Waals surface area contributed by atoms with E-state index in [9.17, 15) is 9.59 Å². The van der Waals surface area contributed by atoms with E-state index in [-0.39, 0.29) is 5.91 Å². The predicted octanol–water partition coefficient (Wildman–Crippen LogP) is 0.773. The van der Waals surface area contributed by atoms with Crippen LogP contribution in [0.2, 0.25) is 0 Å². The molecule has 1 rings (SSSR count). The highest BCUT2D eigenvalue weighted by atomic mass is 32.2. The molecular weight excluding hydrogens is 190 g/mol. The van der Waals surface area contributed by atoms with Gasteiger partial charge >= 0.3 is 5.97 Å². The normalized spacial score (nSPS) is 21.9. The van der Waals surface area contributed by atoms with Crippen LogP contribution >= 0.6 is 11.8 Å². The number of thioether (sulfide) groups is 1. The molecule has 1 heterocycles. The molecule has 0 aliphatic carbocycles. The molecule has 0 saturated carbocycles. The maximum Gasteiger partial charge on any atom is 0.327 e. The van der Waals surface area contributed by atoms with E-state index in [0.29, 0.717) is 18.1 Å². The third kappa shape index (κ3) is 2.37. The van der Waals surface area contributed by atoms with E-state index >= 15 is 0 Å². The molecule has 1 N–H and O–H groups in total. The highest BCUT2D eigenvalue weighted by Crippen LogP contribution is 2.21. The van der Waals surface area contributed by atoms with E-state index in [1.54, 1.807) is 0 Å². The Morgan fingerprint density at radius 3 is 2.85 bits per heavy atom. The molecule has 0 bridgehead atoms.